The first-order valence-electron chi connectivity index (χ1n) is 10.3. The van der Waals surface area contributed by atoms with Gasteiger partial charge in [-0.15, -0.1) is 0 Å². The number of carbonyl (C=O) groups is 2. The summed E-state index contributed by atoms with van der Waals surface area (Å²) in [5.41, 5.74) is 3.00. The van der Waals surface area contributed by atoms with Crippen molar-refractivity contribution in [2.24, 2.45) is 0 Å². The molecule has 0 aliphatic rings. The number of nitrogens with one attached hydrogen (secondary N) is 1. The normalized spacial score (nSPS) is 11.3. The maximum atomic E-state index is 13.1. The topological polar surface area (TPSA) is 97.0 Å². The first kappa shape index (κ1) is 21.5. The van der Waals surface area contributed by atoms with Crippen molar-refractivity contribution >= 4 is 17.6 Å². The number of ether oxygens (including phenoxy) is 1. The molecule has 1 unspecified atom stereocenters. The Labute approximate surface area is 190 Å². The van der Waals surface area contributed by atoms with Crippen molar-refractivity contribution in [3.8, 4) is 23.0 Å². The zero-order valence-corrected chi connectivity index (χ0v) is 17.8. The largest absolute Gasteiger partial charge is 0.448 e. The lowest BCUT2D eigenvalue weighted by Crippen LogP contribution is -2.30. The van der Waals surface area contributed by atoms with E-state index >= 15 is 0 Å². The molecule has 0 saturated heterocycles. The van der Waals surface area contributed by atoms with Gasteiger partial charge in [-0.25, -0.2) is 9.48 Å². The number of para-hydroxylation sites is 2. The number of amides is 1. The molecule has 1 aromatic heterocycles. The Kier molecular flexibility index (Phi) is 6.28. The SMILES string of the molecule is CC(OC(=O)c1cc(-c2ccccc2)nn1-c1ccccc1)C(=O)Nc1ccccc1C#N. The number of esters is 1. The number of carbonyl (C=O) groups excluding carboxylic acids is 2. The lowest BCUT2D eigenvalue weighted by Gasteiger charge is -2.14. The third-order valence-electron chi connectivity index (χ3n) is 4.95. The van der Waals surface area contributed by atoms with E-state index in [9.17, 15) is 14.9 Å². The Balaban J connectivity index is 1.59. The van der Waals surface area contributed by atoms with Gasteiger partial charge < -0.3 is 10.1 Å². The highest BCUT2D eigenvalue weighted by Gasteiger charge is 2.24. The highest BCUT2D eigenvalue weighted by atomic mass is 16.5. The van der Waals surface area contributed by atoms with E-state index < -0.39 is 18.0 Å². The van der Waals surface area contributed by atoms with Gasteiger partial charge in [0.1, 0.15) is 6.07 Å². The Morgan fingerprint density at radius 3 is 2.30 bits per heavy atom. The van der Waals surface area contributed by atoms with E-state index in [4.69, 9.17) is 4.74 Å². The number of hydrogen-bond donors (Lipinski definition) is 1. The number of nitrogens with zero attached hydrogens (tertiary/aromatic N) is 3. The molecule has 0 aliphatic heterocycles. The van der Waals surface area contributed by atoms with Crippen molar-refractivity contribution in [1.29, 1.82) is 5.26 Å². The van der Waals surface area contributed by atoms with E-state index in [1.165, 1.54) is 11.6 Å². The van der Waals surface area contributed by atoms with Crippen LogP contribution in [0.3, 0.4) is 0 Å². The number of rotatable bonds is 6. The van der Waals surface area contributed by atoms with Crippen molar-refractivity contribution in [3.05, 3.63) is 102 Å². The fourth-order valence-electron chi connectivity index (χ4n) is 3.24. The first-order valence-corrected chi connectivity index (χ1v) is 10.3. The molecule has 0 fully saturated rings. The van der Waals surface area contributed by atoms with Crippen molar-refractivity contribution in [3.63, 3.8) is 0 Å². The fourth-order valence-corrected chi connectivity index (χ4v) is 3.24. The molecule has 1 N–H and O–H groups in total. The van der Waals surface area contributed by atoms with E-state index in [0.29, 0.717) is 22.6 Å². The molecular formula is C26H20N4O3. The average molecular weight is 436 g/mol. The molecule has 3 aromatic carbocycles. The molecule has 7 heteroatoms. The predicted octanol–water partition coefficient (Wildman–Crippen LogP) is 4.59. The third-order valence-corrected chi connectivity index (χ3v) is 4.95. The zero-order valence-electron chi connectivity index (χ0n) is 17.8. The monoisotopic (exact) mass is 436 g/mol. The summed E-state index contributed by atoms with van der Waals surface area (Å²) in [4.78, 5) is 25.7. The van der Waals surface area contributed by atoms with Crippen LogP contribution in [0, 0.1) is 11.3 Å². The van der Waals surface area contributed by atoms with Gasteiger partial charge in [0, 0.05) is 5.56 Å². The highest BCUT2D eigenvalue weighted by Crippen LogP contribution is 2.23. The summed E-state index contributed by atoms with van der Waals surface area (Å²) in [6, 6.07) is 29.0. The minimum atomic E-state index is -1.09. The molecule has 1 amide bonds. The van der Waals surface area contributed by atoms with Gasteiger partial charge in [0.25, 0.3) is 5.91 Å². The number of anilines is 1. The van der Waals surface area contributed by atoms with Crippen LogP contribution in [-0.4, -0.2) is 27.8 Å². The van der Waals surface area contributed by atoms with Gasteiger partial charge in [-0.3, -0.25) is 4.79 Å². The Morgan fingerprint density at radius 2 is 1.61 bits per heavy atom. The molecule has 0 spiro atoms. The lowest BCUT2D eigenvalue weighted by molar-refractivity contribution is -0.123. The minimum absolute atomic E-state index is 0.192. The van der Waals surface area contributed by atoms with Crippen molar-refractivity contribution in [1.82, 2.24) is 9.78 Å². The Morgan fingerprint density at radius 1 is 0.970 bits per heavy atom. The third kappa shape index (κ3) is 4.81. The van der Waals surface area contributed by atoms with Crippen LogP contribution in [0.4, 0.5) is 5.69 Å². The van der Waals surface area contributed by atoms with Gasteiger partial charge in [-0.05, 0) is 37.3 Å². The number of benzene rings is 3. The minimum Gasteiger partial charge on any atom is -0.448 e. The van der Waals surface area contributed by atoms with E-state index in [-0.39, 0.29) is 5.69 Å². The highest BCUT2D eigenvalue weighted by molar-refractivity contribution is 5.98. The van der Waals surface area contributed by atoms with E-state index in [0.717, 1.165) is 5.56 Å². The summed E-state index contributed by atoms with van der Waals surface area (Å²) < 4.78 is 6.96. The molecule has 162 valence electrons. The summed E-state index contributed by atoms with van der Waals surface area (Å²) in [7, 11) is 0. The summed E-state index contributed by atoms with van der Waals surface area (Å²) in [5, 5.41) is 16.4. The second-order valence-electron chi connectivity index (χ2n) is 7.22. The van der Waals surface area contributed by atoms with Gasteiger partial charge in [-0.1, -0.05) is 60.7 Å². The lowest BCUT2D eigenvalue weighted by atomic mass is 10.1. The predicted molar refractivity (Wildman–Crippen MR) is 124 cm³/mol. The maximum absolute atomic E-state index is 13.1. The Hall–Kier alpha value is -4.70. The van der Waals surface area contributed by atoms with Gasteiger partial charge >= 0.3 is 5.97 Å². The zero-order chi connectivity index (χ0) is 23.2. The van der Waals surface area contributed by atoms with Crippen LogP contribution in [0.2, 0.25) is 0 Å². The van der Waals surface area contributed by atoms with E-state index in [1.807, 2.05) is 66.7 Å². The number of aromatic nitrogens is 2. The molecule has 33 heavy (non-hydrogen) atoms. The molecule has 1 heterocycles. The molecule has 0 radical (unpaired) electrons. The van der Waals surface area contributed by atoms with Crippen LogP contribution in [0.25, 0.3) is 16.9 Å². The second kappa shape index (κ2) is 9.62. The Bertz CT molecular complexity index is 1320. The van der Waals surface area contributed by atoms with Crippen molar-refractivity contribution < 1.29 is 14.3 Å². The summed E-state index contributed by atoms with van der Waals surface area (Å²) >= 11 is 0. The molecular weight excluding hydrogens is 416 g/mol. The van der Waals surface area contributed by atoms with Crippen LogP contribution < -0.4 is 5.32 Å². The average Bonchev–Trinajstić information content (AvgIpc) is 3.31. The van der Waals surface area contributed by atoms with E-state index in [1.54, 1.807) is 30.3 Å². The molecule has 7 nitrogen and oxygen atoms in total. The van der Waals surface area contributed by atoms with Crippen LogP contribution in [0.1, 0.15) is 23.0 Å². The summed E-state index contributed by atoms with van der Waals surface area (Å²) in [5.74, 6) is -1.23. The molecule has 4 rings (SSSR count). The number of nitriles is 1. The molecule has 0 bridgehead atoms. The van der Waals surface area contributed by atoms with Gasteiger partial charge in [-0.2, -0.15) is 10.4 Å². The van der Waals surface area contributed by atoms with Crippen LogP contribution in [-0.2, 0) is 9.53 Å². The molecule has 0 aliphatic carbocycles. The van der Waals surface area contributed by atoms with E-state index in [2.05, 4.69) is 10.4 Å². The standard InChI is InChI=1S/C26H20N4O3/c1-18(25(31)28-22-15-9-8-12-20(22)17-27)33-26(32)24-16-23(19-10-4-2-5-11-19)29-30(24)21-13-6-3-7-14-21/h2-16,18H,1H3,(H,28,31). The smallest absolute Gasteiger partial charge is 0.357 e. The fraction of sp³-hybridized carbons (Fsp3) is 0.0769. The quantitative estimate of drug-likeness (QED) is 0.446. The van der Waals surface area contributed by atoms with Gasteiger partial charge in [0.2, 0.25) is 0 Å². The summed E-state index contributed by atoms with van der Waals surface area (Å²) in [6.07, 6.45) is -1.09. The van der Waals surface area contributed by atoms with Crippen LogP contribution >= 0.6 is 0 Å². The van der Waals surface area contributed by atoms with Crippen LogP contribution in [0.5, 0.6) is 0 Å². The van der Waals surface area contributed by atoms with Gasteiger partial charge in [0.05, 0.1) is 22.6 Å². The van der Waals surface area contributed by atoms with Crippen molar-refractivity contribution in [2.75, 3.05) is 5.32 Å². The molecule has 1 atom stereocenters. The number of hydrogen-bond acceptors (Lipinski definition) is 5. The van der Waals surface area contributed by atoms with Gasteiger partial charge in [0.15, 0.2) is 11.8 Å². The maximum Gasteiger partial charge on any atom is 0.357 e. The van der Waals surface area contributed by atoms with Crippen molar-refractivity contribution in [2.45, 2.75) is 13.0 Å². The second-order valence-corrected chi connectivity index (χ2v) is 7.22. The first-order chi connectivity index (χ1) is 16.1. The molecule has 4 aromatic rings. The summed E-state index contributed by atoms with van der Waals surface area (Å²) in [6.45, 7) is 1.48. The van der Waals surface area contributed by atoms with Crippen LogP contribution in [0.15, 0.2) is 91.0 Å². The molecule has 0 saturated carbocycles.